The molecule has 4 heteroatoms. The van der Waals surface area contributed by atoms with Crippen LogP contribution in [0.25, 0.3) is 21.7 Å². The van der Waals surface area contributed by atoms with E-state index < -0.39 is 0 Å². The Morgan fingerprint density at radius 1 is 1.17 bits per heavy atom. The number of rotatable bonds is 4. The summed E-state index contributed by atoms with van der Waals surface area (Å²) >= 11 is 0. The number of ether oxygens (including phenoxy) is 1. The molecule has 150 valence electrons. The summed E-state index contributed by atoms with van der Waals surface area (Å²) in [6, 6.07) is 8.17. The van der Waals surface area contributed by atoms with Crippen molar-refractivity contribution in [3.63, 3.8) is 0 Å². The van der Waals surface area contributed by atoms with Gasteiger partial charge < -0.3 is 9.15 Å². The van der Waals surface area contributed by atoms with E-state index in [4.69, 9.17) is 9.15 Å². The highest BCUT2D eigenvalue weighted by Gasteiger charge is 2.28. The van der Waals surface area contributed by atoms with Crippen molar-refractivity contribution in [2.24, 2.45) is 0 Å². The van der Waals surface area contributed by atoms with Crippen molar-refractivity contribution < 1.29 is 13.9 Å². The van der Waals surface area contributed by atoms with E-state index in [0.717, 1.165) is 52.6 Å². The molecule has 0 spiro atoms. The standard InChI is InChI=1S/C25H27NO3/c1-16(27)22-17(2)29-25-20-11-7-6-10-19(20)24-21(23(22)25)14-26(15-28-24)13-12-18-8-4-3-5-9-18/h6-8,10-11H,3-5,9,12-15H2,1-2H3. The third-order valence-electron chi connectivity index (χ3n) is 6.34. The number of hydrogen-bond acceptors (Lipinski definition) is 4. The number of Topliss-reactive ketones (excluding diaryl/α,β-unsaturated/α-hetero) is 1. The number of hydrogen-bond donors (Lipinski definition) is 0. The smallest absolute Gasteiger partial charge is 0.163 e. The van der Waals surface area contributed by atoms with E-state index in [1.807, 2.05) is 19.1 Å². The second-order valence-corrected chi connectivity index (χ2v) is 8.33. The maximum absolute atomic E-state index is 12.5. The largest absolute Gasteiger partial charge is 0.477 e. The Morgan fingerprint density at radius 3 is 2.76 bits per heavy atom. The van der Waals surface area contributed by atoms with Gasteiger partial charge in [-0.25, -0.2) is 0 Å². The molecule has 2 aliphatic rings. The van der Waals surface area contributed by atoms with Crippen molar-refractivity contribution in [3.8, 4) is 5.75 Å². The summed E-state index contributed by atoms with van der Waals surface area (Å²) < 4.78 is 12.4. The van der Waals surface area contributed by atoms with E-state index in [0.29, 0.717) is 18.1 Å². The first-order chi connectivity index (χ1) is 14.1. The number of nitrogens with zero attached hydrogens (tertiary/aromatic N) is 1. The topological polar surface area (TPSA) is 42.7 Å². The SMILES string of the molecule is CC(=O)c1c(C)oc2c1c1c(c3ccccc32)OCN(CCC2=CCCCC2)C1. The minimum atomic E-state index is 0.0446. The first-order valence-electron chi connectivity index (χ1n) is 10.6. The zero-order chi connectivity index (χ0) is 20.0. The van der Waals surface area contributed by atoms with E-state index in [2.05, 4.69) is 23.1 Å². The third-order valence-corrected chi connectivity index (χ3v) is 6.34. The quantitative estimate of drug-likeness (QED) is 0.397. The molecule has 0 atom stereocenters. The van der Waals surface area contributed by atoms with Gasteiger partial charge in [-0.15, -0.1) is 0 Å². The Labute approximate surface area is 171 Å². The van der Waals surface area contributed by atoms with E-state index >= 15 is 0 Å². The van der Waals surface area contributed by atoms with Gasteiger partial charge in [-0.2, -0.15) is 0 Å². The molecule has 0 bridgehead atoms. The first kappa shape index (κ1) is 18.4. The Bertz CT molecular complexity index is 1140. The highest BCUT2D eigenvalue weighted by molar-refractivity contribution is 6.17. The van der Waals surface area contributed by atoms with E-state index in [1.54, 1.807) is 12.5 Å². The van der Waals surface area contributed by atoms with Crippen LogP contribution in [0.2, 0.25) is 0 Å². The number of carbonyl (C=O) groups is 1. The van der Waals surface area contributed by atoms with E-state index in [1.165, 1.54) is 25.7 Å². The van der Waals surface area contributed by atoms with Gasteiger partial charge >= 0.3 is 0 Å². The molecule has 1 aliphatic heterocycles. The molecule has 2 heterocycles. The van der Waals surface area contributed by atoms with E-state index in [-0.39, 0.29) is 5.78 Å². The van der Waals surface area contributed by atoms with Crippen molar-refractivity contribution in [1.29, 1.82) is 0 Å². The second kappa shape index (κ2) is 7.34. The molecule has 5 rings (SSSR count). The third kappa shape index (κ3) is 3.16. The average molecular weight is 389 g/mol. The van der Waals surface area contributed by atoms with Crippen molar-refractivity contribution in [1.82, 2.24) is 4.90 Å². The van der Waals surface area contributed by atoms with Gasteiger partial charge in [-0.05, 0) is 46.0 Å². The molecule has 0 N–H and O–H groups in total. The predicted octanol–water partition coefficient (Wildman–Crippen LogP) is 6.14. The highest BCUT2D eigenvalue weighted by Crippen LogP contribution is 2.44. The molecule has 0 unspecified atom stereocenters. The minimum Gasteiger partial charge on any atom is -0.477 e. The summed E-state index contributed by atoms with van der Waals surface area (Å²) in [5.74, 6) is 1.64. The average Bonchev–Trinajstić information content (AvgIpc) is 3.10. The number of carbonyl (C=O) groups excluding carboxylic acids is 1. The fraction of sp³-hybridized carbons (Fsp3) is 0.400. The molecule has 0 radical (unpaired) electrons. The van der Waals surface area contributed by atoms with Crippen LogP contribution in [0.4, 0.5) is 0 Å². The summed E-state index contributed by atoms with van der Waals surface area (Å²) in [7, 11) is 0. The number of benzene rings is 2. The van der Waals surface area contributed by atoms with Crippen LogP contribution < -0.4 is 4.74 Å². The van der Waals surface area contributed by atoms with Crippen LogP contribution in [0.1, 0.15) is 60.7 Å². The molecule has 0 saturated carbocycles. The van der Waals surface area contributed by atoms with Crippen molar-refractivity contribution >= 4 is 27.5 Å². The molecule has 0 saturated heterocycles. The minimum absolute atomic E-state index is 0.0446. The molecule has 0 fully saturated rings. The molecule has 1 aromatic heterocycles. The molecule has 1 aliphatic carbocycles. The summed E-state index contributed by atoms with van der Waals surface area (Å²) in [6.45, 7) is 5.85. The van der Waals surface area contributed by atoms with Crippen LogP contribution in [-0.2, 0) is 6.54 Å². The van der Waals surface area contributed by atoms with Gasteiger partial charge in [0.1, 0.15) is 23.8 Å². The number of furan rings is 1. The Morgan fingerprint density at radius 2 is 2.00 bits per heavy atom. The summed E-state index contributed by atoms with van der Waals surface area (Å²) in [5.41, 5.74) is 4.17. The van der Waals surface area contributed by atoms with Crippen LogP contribution >= 0.6 is 0 Å². The molecule has 0 amide bonds. The zero-order valence-corrected chi connectivity index (χ0v) is 17.2. The van der Waals surface area contributed by atoms with Gasteiger partial charge in [0.2, 0.25) is 0 Å². The van der Waals surface area contributed by atoms with Gasteiger partial charge in [0.15, 0.2) is 5.78 Å². The van der Waals surface area contributed by atoms with Gasteiger partial charge in [0.05, 0.1) is 5.56 Å². The zero-order valence-electron chi connectivity index (χ0n) is 17.2. The molecule has 3 aromatic rings. The summed E-state index contributed by atoms with van der Waals surface area (Å²) in [5, 5.41) is 3.01. The van der Waals surface area contributed by atoms with Crippen LogP contribution in [-0.4, -0.2) is 24.0 Å². The lowest BCUT2D eigenvalue weighted by Crippen LogP contribution is -2.33. The Hall–Kier alpha value is -2.59. The molecular formula is C25H27NO3. The fourth-order valence-electron chi connectivity index (χ4n) is 4.92. The van der Waals surface area contributed by atoms with Gasteiger partial charge in [-0.3, -0.25) is 9.69 Å². The molecule has 2 aromatic carbocycles. The van der Waals surface area contributed by atoms with Gasteiger partial charge in [-0.1, -0.05) is 35.9 Å². The number of fused-ring (bicyclic) bond motifs is 6. The van der Waals surface area contributed by atoms with E-state index in [9.17, 15) is 4.79 Å². The maximum atomic E-state index is 12.5. The molecule has 29 heavy (non-hydrogen) atoms. The number of allylic oxidation sites excluding steroid dienone is 1. The lowest BCUT2D eigenvalue weighted by Gasteiger charge is -2.31. The summed E-state index contributed by atoms with van der Waals surface area (Å²) in [6.07, 6.45) is 8.60. The summed E-state index contributed by atoms with van der Waals surface area (Å²) in [4.78, 5) is 14.8. The van der Waals surface area contributed by atoms with Crippen LogP contribution in [0.3, 0.4) is 0 Å². The van der Waals surface area contributed by atoms with Gasteiger partial charge in [0.25, 0.3) is 0 Å². The van der Waals surface area contributed by atoms with Crippen molar-refractivity contribution in [2.75, 3.05) is 13.3 Å². The fourth-order valence-corrected chi connectivity index (χ4v) is 4.92. The monoisotopic (exact) mass is 389 g/mol. The van der Waals surface area contributed by atoms with Crippen molar-refractivity contribution in [3.05, 3.63) is 52.8 Å². The van der Waals surface area contributed by atoms with Crippen molar-refractivity contribution in [2.45, 2.75) is 52.5 Å². The molecule has 4 nitrogen and oxygen atoms in total. The normalized spacial score (nSPS) is 17.2. The highest BCUT2D eigenvalue weighted by atomic mass is 16.5. The van der Waals surface area contributed by atoms with Gasteiger partial charge in [0, 0.05) is 34.8 Å². The number of aryl methyl sites for hydroxylation is 1. The maximum Gasteiger partial charge on any atom is 0.163 e. The van der Waals surface area contributed by atoms with Crippen LogP contribution in [0.5, 0.6) is 5.75 Å². The Balaban J connectivity index is 1.58. The molecular weight excluding hydrogens is 362 g/mol. The second-order valence-electron chi connectivity index (χ2n) is 8.33. The van der Waals surface area contributed by atoms with Crippen LogP contribution in [0.15, 0.2) is 40.3 Å². The lowest BCUT2D eigenvalue weighted by atomic mass is 9.95. The number of ketones is 1. The van der Waals surface area contributed by atoms with Crippen LogP contribution in [0, 0.1) is 6.92 Å². The first-order valence-corrected chi connectivity index (χ1v) is 10.6. The lowest BCUT2D eigenvalue weighted by molar-refractivity contribution is 0.0985. The predicted molar refractivity (Wildman–Crippen MR) is 116 cm³/mol. The Kier molecular flexibility index (Phi) is 4.67.